The second-order valence-corrected chi connectivity index (χ2v) is 7.53. The molecule has 0 radical (unpaired) electrons. The molecule has 2 aromatic rings. The highest BCUT2D eigenvalue weighted by atomic mass is 19.4. The van der Waals surface area contributed by atoms with Crippen molar-refractivity contribution in [3.8, 4) is 0 Å². The van der Waals surface area contributed by atoms with E-state index in [1.165, 1.54) is 18.3 Å². The van der Waals surface area contributed by atoms with Crippen molar-refractivity contribution in [2.75, 3.05) is 11.9 Å². The van der Waals surface area contributed by atoms with E-state index in [2.05, 4.69) is 15.3 Å². The first-order valence-electron chi connectivity index (χ1n) is 9.82. The van der Waals surface area contributed by atoms with Gasteiger partial charge < -0.3 is 15.0 Å². The summed E-state index contributed by atoms with van der Waals surface area (Å²) in [7, 11) is 0. The number of anilines is 1. The molecule has 1 aliphatic rings. The van der Waals surface area contributed by atoms with E-state index < -0.39 is 29.4 Å². The molecule has 0 saturated heterocycles. The number of carbonyl (C=O) groups is 1. The molecule has 10 heteroatoms. The Morgan fingerprint density at radius 3 is 2.53 bits per heavy atom. The van der Waals surface area contributed by atoms with Gasteiger partial charge in [0.1, 0.15) is 5.82 Å². The van der Waals surface area contributed by atoms with Gasteiger partial charge in [0.05, 0.1) is 17.8 Å². The Hall–Kier alpha value is -2.91. The van der Waals surface area contributed by atoms with Crippen LogP contribution in [0.4, 0.5) is 19.0 Å². The van der Waals surface area contributed by atoms with Crippen LogP contribution in [0, 0.1) is 5.92 Å². The van der Waals surface area contributed by atoms with Gasteiger partial charge in [-0.15, -0.1) is 0 Å². The highest BCUT2D eigenvalue weighted by Gasteiger charge is 2.34. The van der Waals surface area contributed by atoms with Gasteiger partial charge in [-0.3, -0.25) is 4.79 Å². The van der Waals surface area contributed by atoms with Crippen LogP contribution in [0.2, 0.25) is 0 Å². The van der Waals surface area contributed by atoms with Gasteiger partial charge in [-0.25, -0.2) is 14.8 Å². The third kappa shape index (κ3) is 5.58. The molecule has 0 amide bonds. The van der Waals surface area contributed by atoms with Crippen LogP contribution >= 0.6 is 0 Å². The molecule has 30 heavy (non-hydrogen) atoms. The molecule has 2 heterocycles. The molecule has 0 spiro atoms. The quantitative estimate of drug-likeness (QED) is 0.698. The van der Waals surface area contributed by atoms with E-state index in [9.17, 15) is 22.8 Å². The predicted octanol–water partition coefficient (Wildman–Crippen LogP) is 3.98. The van der Waals surface area contributed by atoms with Crippen LogP contribution in [0.25, 0.3) is 0 Å². The number of rotatable bonds is 7. The molecule has 0 aliphatic heterocycles. The SMILES string of the molecule is O=C(O)c1ccc(NC[C@H](CC2CCCCC2)n2cc(C(F)(F)F)ncc2=O)nc1. The van der Waals surface area contributed by atoms with Gasteiger partial charge in [-0.1, -0.05) is 32.1 Å². The lowest BCUT2D eigenvalue weighted by Gasteiger charge is -2.28. The van der Waals surface area contributed by atoms with E-state index in [1.54, 1.807) is 0 Å². The van der Waals surface area contributed by atoms with Gasteiger partial charge in [0.2, 0.25) is 0 Å². The molecule has 2 aromatic heterocycles. The Morgan fingerprint density at radius 1 is 1.20 bits per heavy atom. The third-order valence-electron chi connectivity index (χ3n) is 5.37. The normalized spacial score (nSPS) is 16.2. The van der Waals surface area contributed by atoms with Crippen molar-refractivity contribution in [3.05, 3.63) is 52.3 Å². The summed E-state index contributed by atoms with van der Waals surface area (Å²) in [5, 5.41) is 12.0. The monoisotopic (exact) mass is 424 g/mol. The van der Waals surface area contributed by atoms with Crippen molar-refractivity contribution < 1.29 is 23.1 Å². The fourth-order valence-corrected chi connectivity index (χ4v) is 3.80. The number of nitrogens with zero attached hydrogens (tertiary/aromatic N) is 3. The Balaban J connectivity index is 1.83. The summed E-state index contributed by atoms with van der Waals surface area (Å²) in [6, 6.07) is 2.34. The van der Waals surface area contributed by atoms with Crippen molar-refractivity contribution in [3.63, 3.8) is 0 Å². The van der Waals surface area contributed by atoms with Crippen LogP contribution in [0.1, 0.15) is 60.6 Å². The molecule has 1 fully saturated rings. The standard InChI is InChI=1S/C20H23F3N4O3/c21-20(22,23)16-12-27(18(28)11-24-16)15(8-13-4-2-1-3-5-13)10-26-17-7-6-14(9-25-17)19(29)30/h6-7,9,11-13,15H,1-5,8,10H2,(H,25,26)(H,29,30)/t15-/m0/s1. The van der Waals surface area contributed by atoms with Gasteiger partial charge in [0.25, 0.3) is 5.56 Å². The lowest BCUT2D eigenvalue weighted by Crippen LogP contribution is -2.32. The molecule has 3 rings (SSSR count). The number of alkyl halides is 3. The number of hydrogen-bond acceptors (Lipinski definition) is 5. The Kier molecular flexibility index (Phi) is 6.73. The zero-order chi connectivity index (χ0) is 21.7. The molecule has 1 saturated carbocycles. The van der Waals surface area contributed by atoms with Gasteiger partial charge in [-0.2, -0.15) is 13.2 Å². The topological polar surface area (TPSA) is 97.1 Å². The maximum absolute atomic E-state index is 13.1. The first kappa shape index (κ1) is 21.8. The van der Waals surface area contributed by atoms with Crippen molar-refractivity contribution in [2.45, 2.75) is 50.7 Å². The van der Waals surface area contributed by atoms with Gasteiger partial charge in [-0.05, 0) is 24.5 Å². The van der Waals surface area contributed by atoms with E-state index in [4.69, 9.17) is 5.11 Å². The summed E-state index contributed by atoms with van der Waals surface area (Å²) >= 11 is 0. The smallest absolute Gasteiger partial charge is 0.434 e. The first-order chi connectivity index (χ1) is 14.2. The maximum Gasteiger partial charge on any atom is 0.434 e. The summed E-state index contributed by atoms with van der Waals surface area (Å²) in [6.07, 6.45) is 3.84. The van der Waals surface area contributed by atoms with Gasteiger partial charge in [0.15, 0.2) is 5.69 Å². The fourth-order valence-electron chi connectivity index (χ4n) is 3.80. The number of halogens is 3. The largest absolute Gasteiger partial charge is 0.478 e. The summed E-state index contributed by atoms with van der Waals surface area (Å²) < 4.78 is 40.5. The van der Waals surface area contributed by atoms with E-state index >= 15 is 0 Å². The Bertz CT molecular complexity index is 922. The van der Waals surface area contributed by atoms with E-state index in [0.29, 0.717) is 24.4 Å². The number of aromatic carboxylic acids is 1. The molecule has 1 aliphatic carbocycles. The molecular formula is C20H23F3N4O3. The summed E-state index contributed by atoms with van der Waals surface area (Å²) in [4.78, 5) is 30.5. The summed E-state index contributed by atoms with van der Waals surface area (Å²) in [6.45, 7) is 0.178. The second-order valence-electron chi connectivity index (χ2n) is 7.53. The number of nitrogens with one attached hydrogen (secondary N) is 1. The molecule has 0 unspecified atom stereocenters. The Labute approximate surface area is 171 Å². The van der Waals surface area contributed by atoms with E-state index in [-0.39, 0.29) is 12.1 Å². The molecule has 162 valence electrons. The maximum atomic E-state index is 13.1. The second kappa shape index (κ2) is 9.27. The summed E-state index contributed by atoms with van der Waals surface area (Å²) in [5.41, 5.74) is -1.68. The van der Waals surface area contributed by atoms with Crippen molar-refractivity contribution in [1.82, 2.24) is 14.5 Å². The third-order valence-corrected chi connectivity index (χ3v) is 5.37. The molecule has 2 N–H and O–H groups in total. The average molecular weight is 424 g/mol. The molecular weight excluding hydrogens is 401 g/mol. The van der Waals surface area contributed by atoms with Crippen LogP contribution in [0.5, 0.6) is 0 Å². The molecule has 0 aromatic carbocycles. The highest BCUT2D eigenvalue weighted by molar-refractivity contribution is 5.87. The zero-order valence-electron chi connectivity index (χ0n) is 16.2. The average Bonchev–Trinajstić information content (AvgIpc) is 2.72. The van der Waals surface area contributed by atoms with E-state index in [1.807, 2.05) is 0 Å². The highest BCUT2D eigenvalue weighted by Crippen LogP contribution is 2.32. The first-order valence-corrected chi connectivity index (χ1v) is 9.82. The van der Waals surface area contributed by atoms with Crippen LogP contribution in [-0.4, -0.2) is 32.2 Å². The number of carboxylic acid groups (broad SMARTS) is 1. The number of carboxylic acids is 1. The van der Waals surface area contributed by atoms with E-state index in [0.717, 1.165) is 42.9 Å². The lowest BCUT2D eigenvalue weighted by molar-refractivity contribution is -0.141. The summed E-state index contributed by atoms with van der Waals surface area (Å²) in [5.74, 6) is -0.402. The van der Waals surface area contributed by atoms with Gasteiger partial charge in [0, 0.05) is 18.9 Å². The Morgan fingerprint density at radius 2 is 1.93 bits per heavy atom. The minimum Gasteiger partial charge on any atom is -0.478 e. The minimum absolute atomic E-state index is 0.0273. The zero-order valence-corrected chi connectivity index (χ0v) is 16.2. The number of aromatic nitrogens is 3. The molecule has 0 bridgehead atoms. The van der Waals surface area contributed by atoms with Crippen LogP contribution in [0.3, 0.4) is 0 Å². The van der Waals surface area contributed by atoms with Crippen molar-refractivity contribution >= 4 is 11.8 Å². The minimum atomic E-state index is -4.65. The van der Waals surface area contributed by atoms with Gasteiger partial charge >= 0.3 is 12.1 Å². The molecule has 7 nitrogen and oxygen atoms in total. The number of hydrogen-bond donors (Lipinski definition) is 2. The van der Waals surface area contributed by atoms with Crippen molar-refractivity contribution in [1.29, 1.82) is 0 Å². The fraction of sp³-hybridized carbons (Fsp3) is 0.500. The number of pyridine rings is 1. The molecule has 1 atom stereocenters. The predicted molar refractivity (Wildman–Crippen MR) is 103 cm³/mol. The van der Waals surface area contributed by atoms with Crippen molar-refractivity contribution in [2.24, 2.45) is 5.92 Å². The lowest BCUT2D eigenvalue weighted by atomic mass is 9.84. The van der Waals surface area contributed by atoms with Crippen LogP contribution in [-0.2, 0) is 6.18 Å². The van der Waals surface area contributed by atoms with Crippen LogP contribution in [0.15, 0.2) is 35.5 Å². The van der Waals surface area contributed by atoms with Crippen LogP contribution < -0.4 is 10.9 Å².